The SMILES string of the molecule is CCCC(O)C#Cc1ccc(Oc2ccc(Cl)cc2)cc1. The second-order valence-corrected chi connectivity index (χ2v) is 5.09. The van der Waals surface area contributed by atoms with Gasteiger partial charge in [0.25, 0.3) is 0 Å². The van der Waals surface area contributed by atoms with Gasteiger partial charge in [-0.2, -0.15) is 0 Å². The van der Waals surface area contributed by atoms with Gasteiger partial charge in [-0.3, -0.25) is 0 Å². The Balaban J connectivity index is 2.00. The van der Waals surface area contributed by atoms with Gasteiger partial charge in [0.05, 0.1) is 0 Å². The van der Waals surface area contributed by atoms with Gasteiger partial charge in [0.15, 0.2) is 0 Å². The molecule has 1 N–H and O–H groups in total. The van der Waals surface area contributed by atoms with E-state index in [1.807, 2.05) is 43.3 Å². The summed E-state index contributed by atoms with van der Waals surface area (Å²) in [6.45, 7) is 2.02. The zero-order valence-corrected chi connectivity index (χ0v) is 12.6. The number of hydrogen-bond donors (Lipinski definition) is 1. The van der Waals surface area contributed by atoms with Crippen LogP contribution < -0.4 is 4.74 Å². The molecular weight excluding hydrogens is 284 g/mol. The topological polar surface area (TPSA) is 29.5 Å². The molecule has 2 aromatic rings. The van der Waals surface area contributed by atoms with Crippen molar-refractivity contribution in [2.45, 2.75) is 25.9 Å². The van der Waals surface area contributed by atoms with Crippen LogP contribution in [0, 0.1) is 11.8 Å². The molecular formula is C18H17ClO2. The summed E-state index contributed by atoms with van der Waals surface area (Å²) in [4.78, 5) is 0. The number of hydrogen-bond acceptors (Lipinski definition) is 2. The zero-order chi connectivity index (χ0) is 15.1. The van der Waals surface area contributed by atoms with E-state index in [2.05, 4.69) is 11.8 Å². The standard InChI is InChI=1S/C18H17ClO2/c1-2-3-16(20)9-4-14-5-10-17(11-6-14)21-18-12-7-15(19)8-13-18/h5-8,10-13,16,20H,2-3H2,1H3. The predicted octanol–water partition coefficient (Wildman–Crippen LogP) is 4.64. The quantitative estimate of drug-likeness (QED) is 0.833. The van der Waals surface area contributed by atoms with E-state index >= 15 is 0 Å². The number of rotatable bonds is 4. The molecule has 21 heavy (non-hydrogen) atoms. The first-order valence-electron chi connectivity index (χ1n) is 6.90. The lowest BCUT2D eigenvalue weighted by atomic mass is 10.2. The van der Waals surface area contributed by atoms with Crippen LogP contribution in [-0.2, 0) is 0 Å². The van der Waals surface area contributed by atoms with Crippen LogP contribution in [0.25, 0.3) is 0 Å². The van der Waals surface area contributed by atoms with Crippen molar-refractivity contribution in [3.8, 4) is 23.3 Å². The third-order valence-electron chi connectivity index (χ3n) is 2.85. The van der Waals surface area contributed by atoms with Gasteiger partial charge in [0.2, 0.25) is 0 Å². The van der Waals surface area contributed by atoms with Crippen molar-refractivity contribution in [1.82, 2.24) is 0 Å². The Morgan fingerprint density at radius 1 is 1.05 bits per heavy atom. The lowest BCUT2D eigenvalue weighted by Crippen LogP contribution is -2.00. The van der Waals surface area contributed by atoms with Gasteiger partial charge in [0.1, 0.15) is 17.6 Å². The van der Waals surface area contributed by atoms with Crippen molar-refractivity contribution in [2.24, 2.45) is 0 Å². The lowest BCUT2D eigenvalue weighted by molar-refractivity contribution is 0.221. The van der Waals surface area contributed by atoms with E-state index in [-0.39, 0.29) is 0 Å². The first-order chi connectivity index (χ1) is 10.2. The highest BCUT2D eigenvalue weighted by molar-refractivity contribution is 6.30. The molecule has 0 aromatic heterocycles. The van der Waals surface area contributed by atoms with Gasteiger partial charge in [-0.25, -0.2) is 0 Å². The first-order valence-corrected chi connectivity index (χ1v) is 7.28. The highest BCUT2D eigenvalue weighted by atomic mass is 35.5. The van der Waals surface area contributed by atoms with Crippen molar-refractivity contribution in [2.75, 3.05) is 0 Å². The number of halogens is 1. The van der Waals surface area contributed by atoms with Crippen molar-refractivity contribution >= 4 is 11.6 Å². The summed E-state index contributed by atoms with van der Waals surface area (Å²) in [6.07, 6.45) is 1.06. The molecule has 0 amide bonds. The monoisotopic (exact) mass is 300 g/mol. The number of ether oxygens (including phenoxy) is 1. The van der Waals surface area contributed by atoms with Crippen LogP contribution in [0.1, 0.15) is 25.3 Å². The molecule has 0 saturated heterocycles. The van der Waals surface area contributed by atoms with Crippen molar-refractivity contribution in [3.05, 3.63) is 59.1 Å². The predicted molar refractivity (Wildman–Crippen MR) is 85.8 cm³/mol. The Kier molecular flexibility index (Phi) is 5.68. The minimum Gasteiger partial charge on any atom is -0.457 e. The zero-order valence-electron chi connectivity index (χ0n) is 11.8. The third kappa shape index (κ3) is 5.15. The maximum atomic E-state index is 9.57. The molecule has 108 valence electrons. The smallest absolute Gasteiger partial charge is 0.127 e. The summed E-state index contributed by atoms with van der Waals surface area (Å²) in [5, 5.41) is 10.3. The summed E-state index contributed by atoms with van der Waals surface area (Å²) >= 11 is 5.83. The Hall–Kier alpha value is -1.95. The van der Waals surface area contributed by atoms with Gasteiger partial charge in [0, 0.05) is 10.6 Å². The molecule has 1 atom stereocenters. The second-order valence-electron chi connectivity index (χ2n) is 4.65. The average molecular weight is 301 g/mol. The lowest BCUT2D eigenvalue weighted by Gasteiger charge is -2.05. The van der Waals surface area contributed by atoms with Crippen LogP contribution in [-0.4, -0.2) is 11.2 Å². The van der Waals surface area contributed by atoms with Crippen molar-refractivity contribution in [3.63, 3.8) is 0 Å². The number of benzene rings is 2. The van der Waals surface area contributed by atoms with E-state index in [9.17, 15) is 5.11 Å². The Morgan fingerprint density at radius 2 is 1.62 bits per heavy atom. The summed E-state index contributed by atoms with van der Waals surface area (Å²) in [6, 6.07) is 14.6. The molecule has 0 fully saturated rings. The molecule has 0 aliphatic carbocycles. The van der Waals surface area contributed by atoms with E-state index in [1.165, 1.54) is 0 Å². The van der Waals surface area contributed by atoms with Crippen molar-refractivity contribution < 1.29 is 9.84 Å². The van der Waals surface area contributed by atoms with E-state index in [0.717, 1.165) is 23.5 Å². The molecule has 0 heterocycles. The highest BCUT2D eigenvalue weighted by Gasteiger charge is 1.98. The summed E-state index contributed by atoms with van der Waals surface area (Å²) in [5.41, 5.74) is 0.855. The fraction of sp³-hybridized carbons (Fsp3) is 0.222. The molecule has 0 aliphatic heterocycles. The Bertz CT molecular complexity index is 621. The molecule has 2 rings (SSSR count). The van der Waals surface area contributed by atoms with E-state index in [0.29, 0.717) is 11.4 Å². The Morgan fingerprint density at radius 3 is 2.19 bits per heavy atom. The molecule has 0 aliphatic rings. The van der Waals surface area contributed by atoms with Crippen LogP contribution in [0.2, 0.25) is 5.02 Å². The number of aliphatic hydroxyl groups excluding tert-OH is 1. The van der Waals surface area contributed by atoms with E-state index in [1.54, 1.807) is 12.1 Å². The maximum absolute atomic E-state index is 9.57. The maximum Gasteiger partial charge on any atom is 0.127 e. The minimum absolute atomic E-state index is 0.556. The molecule has 2 nitrogen and oxygen atoms in total. The van der Waals surface area contributed by atoms with Crippen LogP contribution in [0.3, 0.4) is 0 Å². The second kappa shape index (κ2) is 7.73. The normalized spacial score (nSPS) is 11.4. The fourth-order valence-corrected chi connectivity index (χ4v) is 1.88. The Labute approximate surface area is 130 Å². The van der Waals surface area contributed by atoms with Gasteiger partial charge in [-0.05, 0) is 55.0 Å². The highest BCUT2D eigenvalue weighted by Crippen LogP contribution is 2.23. The van der Waals surface area contributed by atoms with Crippen LogP contribution in [0.4, 0.5) is 0 Å². The molecule has 0 saturated carbocycles. The molecule has 0 radical (unpaired) electrons. The third-order valence-corrected chi connectivity index (χ3v) is 3.10. The first kappa shape index (κ1) is 15.4. The molecule has 0 spiro atoms. The minimum atomic E-state index is -0.556. The summed E-state index contributed by atoms with van der Waals surface area (Å²) < 4.78 is 5.70. The van der Waals surface area contributed by atoms with Gasteiger partial charge in [-0.1, -0.05) is 36.8 Å². The summed E-state index contributed by atoms with van der Waals surface area (Å²) in [5.74, 6) is 7.25. The van der Waals surface area contributed by atoms with Crippen LogP contribution in [0.5, 0.6) is 11.5 Å². The van der Waals surface area contributed by atoms with Gasteiger partial charge < -0.3 is 9.84 Å². The summed E-state index contributed by atoms with van der Waals surface area (Å²) in [7, 11) is 0. The molecule has 3 heteroatoms. The number of aliphatic hydroxyl groups is 1. The van der Waals surface area contributed by atoms with E-state index < -0.39 is 6.10 Å². The molecule has 2 aromatic carbocycles. The van der Waals surface area contributed by atoms with Gasteiger partial charge in [-0.15, -0.1) is 0 Å². The van der Waals surface area contributed by atoms with Crippen LogP contribution >= 0.6 is 11.6 Å². The van der Waals surface area contributed by atoms with Gasteiger partial charge >= 0.3 is 0 Å². The largest absolute Gasteiger partial charge is 0.457 e. The van der Waals surface area contributed by atoms with Crippen molar-refractivity contribution in [1.29, 1.82) is 0 Å². The molecule has 1 unspecified atom stereocenters. The average Bonchev–Trinajstić information content (AvgIpc) is 2.49. The molecule has 0 bridgehead atoms. The fourth-order valence-electron chi connectivity index (χ4n) is 1.76. The van der Waals surface area contributed by atoms with Crippen LogP contribution in [0.15, 0.2) is 48.5 Å². The van der Waals surface area contributed by atoms with E-state index in [4.69, 9.17) is 16.3 Å².